The first kappa shape index (κ1) is 14.7. The molecule has 1 amide bonds. The Balaban J connectivity index is 2.25. The average Bonchev–Trinajstić information content (AvgIpc) is 2.41. The quantitative estimate of drug-likeness (QED) is 0.850. The van der Waals surface area contributed by atoms with Gasteiger partial charge < -0.3 is 11.1 Å². The second kappa shape index (κ2) is 6.17. The Bertz CT molecular complexity index is 674. The summed E-state index contributed by atoms with van der Waals surface area (Å²) in [5.74, 6) is -0.399. The van der Waals surface area contributed by atoms with Crippen LogP contribution in [0.3, 0.4) is 0 Å². The van der Waals surface area contributed by atoms with Crippen LogP contribution in [0.5, 0.6) is 0 Å². The van der Waals surface area contributed by atoms with Gasteiger partial charge in [0, 0.05) is 11.8 Å². The summed E-state index contributed by atoms with van der Waals surface area (Å²) in [6.45, 7) is 0. The highest BCUT2D eigenvalue weighted by molar-refractivity contribution is 7.80. The molecule has 1 aromatic carbocycles. The normalized spacial score (nSPS) is 10.1. The fourth-order valence-corrected chi connectivity index (χ4v) is 1.87. The van der Waals surface area contributed by atoms with Gasteiger partial charge in [-0.1, -0.05) is 41.5 Å². The van der Waals surface area contributed by atoms with Crippen LogP contribution >= 0.6 is 35.4 Å². The molecule has 0 spiro atoms. The van der Waals surface area contributed by atoms with Crippen molar-refractivity contribution in [1.29, 1.82) is 0 Å². The Morgan fingerprint density at radius 3 is 2.60 bits per heavy atom. The molecular formula is C13H9Cl2N3OS. The summed E-state index contributed by atoms with van der Waals surface area (Å²) in [6, 6.07) is 8.00. The number of hydrogen-bond acceptors (Lipinski definition) is 3. The number of carbonyl (C=O) groups excluding carboxylic acids is 1. The number of nitrogens with two attached hydrogens (primary N) is 1. The zero-order valence-electron chi connectivity index (χ0n) is 10.1. The maximum atomic E-state index is 12.0. The van der Waals surface area contributed by atoms with E-state index in [1.807, 2.05) is 0 Å². The van der Waals surface area contributed by atoms with E-state index in [0.717, 1.165) is 0 Å². The van der Waals surface area contributed by atoms with Gasteiger partial charge in [0.2, 0.25) is 0 Å². The number of nitrogens with one attached hydrogen (secondary N) is 1. The van der Waals surface area contributed by atoms with Crippen molar-refractivity contribution < 1.29 is 4.79 Å². The van der Waals surface area contributed by atoms with E-state index in [9.17, 15) is 4.79 Å². The number of pyridine rings is 1. The predicted octanol–water partition coefficient (Wildman–Crippen LogP) is 3.27. The highest BCUT2D eigenvalue weighted by Crippen LogP contribution is 2.23. The van der Waals surface area contributed by atoms with E-state index >= 15 is 0 Å². The number of aromatic nitrogens is 1. The number of amides is 1. The molecule has 0 saturated heterocycles. The second-order valence-electron chi connectivity index (χ2n) is 3.87. The van der Waals surface area contributed by atoms with Crippen molar-refractivity contribution in [1.82, 2.24) is 4.98 Å². The monoisotopic (exact) mass is 325 g/mol. The van der Waals surface area contributed by atoms with E-state index in [2.05, 4.69) is 10.3 Å². The zero-order chi connectivity index (χ0) is 14.7. The molecule has 0 aliphatic rings. The van der Waals surface area contributed by atoms with Gasteiger partial charge in [0.15, 0.2) is 0 Å². The van der Waals surface area contributed by atoms with Crippen LogP contribution in [0.1, 0.15) is 16.1 Å². The van der Waals surface area contributed by atoms with Crippen LogP contribution in [0.4, 0.5) is 5.69 Å². The van der Waals surface area contributed by atoms with Crippen molar-refractivity contribution in [2.75, 3.05) is 5.32 Å². The van der Waals surface area contributed by atoms with E-state index < -0.39 is 5.91 Å². The Morgan fingerprint density at radius 1 is 1.25 bits per heavy atom. The highest BCUT2D eigenvalue weighted by atomic mass is 35.5. The topological polar surface area (TPSA) is 68.0 Å². The van der Waals surface area contributed by atoms with Crippen molar-refractivity contribution >= 4 is 52.0 Å². The largest absolute Gasteiger partial charge is 0.389 e. The molecule has 0 aliphatic carbocycles. The average molecular weight is 326 g/mol. The Kier molecular flexibility index (Phi) is 4.54. The molecule has 0 aliphatic heterocycles. The Labute approximate surface area is 130 Å². The number of benzene rings is 1. The predicted molar refractivity (Wildman–Crippen MR) is 84.5 cm³/mol. The van der Waals surface area contributed by atoms with E-state index in [4.69, 9.17) is 41.2 Å². The fraction of sp³-hybridized carbons (Fsp3) is 0. The number of nitrogens with zero attached hydrogens (tertiary/aromatic N) is 1. The lowest BCUT2D eigenvalue weighted by Gasteiger charge is -2.08. The van der Waals surface area contributed by atoms with Gasteiger partial charge in [0.05, 0.1) is 15.7 Å². The highest BCUT2D eigenvalue weighted by Gasteiger charge is 2.11. The smallest absolute Gasteiger partial charge is 0.274 e. The first-order valence-corrected chi connectivity index (χ1v) is 6.66. The number of anilines is 1. The minimum Gasteiger partial charge on any atom is -0.389 e. The molecule has 0 radical (unpaired) electrons. The van der Waals surface area contributed by atoms with Gasteiger partial charge in [-0.3, -0.25) is 4.79 Å². The lowest BCUT2D eigenvalue weighted by molar-refractivity contribution is 0.102. The molecule has 0 saturated carbocycles. The van der Waals surface area contributed by atoms with Gasteiger partial charge >= 0.3 is 0 Å². The van der Waals surface area contributed by atoms with Crippen molar-refractivity contribution in [2.24, 2.45) is 5.73 Å². The third-order valence-corrected chi connectivity index (χ3v) is 3.25. The lowest BCUT2D eigenvalue weighted by Crippen LogP contribution is -2.15. The first-order valence-electron chi connectivity index (χ1n) is 5.49. The standard InChI is InChI=1S/C13H9Cl2N3OS/c14-8-2-4-10(17-6-8)13(19)18-11-5-7(12(16)20)1-3-9(11)15/h1-6H,(H2,16,20)(H,18,19). The van der Waals surface area contributed by atoms with E-state index in [-0.39, 0.29) is 10.7 Å². The van der Waals surface area contributed by atoms with Crippen LogP contribution in [0, 0.1) is 0 Å². The fourth-order valence-electron chi connectivity index (χ4n) is 1.47. The van der Waals surface area contributed by atoms with Crippen LogP contribution in [-0.2, 0) is 0 Å². The molecule has 0 fully saturated rings. The lowest BCUT2D eigenvalue weighted by atomic mass is 10.2. The van der Waals surface area contributed by atoms with Crippen LogP contribution in [0.25, 0.3) is 0 Å². The third-order valence-electron chi connectivity index (χ3n) is 2.46. The van der Waals surface area contributed by atoms with Crippen LogP contribution in [0.15, 0.2) is 36.5 Å². The van der Waals surface area contributed by atoms with Gasteiger partial charge in [-0.05, 0) is 24.3 Å². The molecule has 102 valence electrons. The number of hydrogen-bond donors (Lipinski definition) is 2. The maximum absolute atomic E-state index is 12.0. The summed E-state index contributed by atoms with van der Waals surface area (Å²) in [7, 11) is 0. The van der Waals surface area contributed by atoms with E-state index in [0.29, 0.717) is 21.3 Å². The third kappa shape index (κ3) is 3.45. The molecule has 2 aromatic rings. The second-order valence-corrected chi connectivity index (χ2v) is 5.16. The molecule has 0 atom stereocenters. The summed E-state index contributed by atoms with van der Waals surface area (Å²) in [5, 5.41) is 3.49. The minimum absolute atomic E-state index is 0.224. The van der Waals surface area contributed by atoms with Crippen LogP contribution in [0.2, 0.25) is 10.0 Å². The van der Waals surface area contributed by atoms with Gasteiger partial charge in [-0.2, -0.15) is 0 Å². The van der Waals surface area contributed by atoms with Gasteiger partial charge in [-0.25, -0.2) is 4.98 Å². The van der Waals surface area contributed by atoms with E-state index in [1.54, 1.807) is 24.3 Å². The van der Waals surface area contributed by atoms with Gasteiger partial charge in [0.25, 0.3) is 5.91 Å². The van der Waals surface area contributed by atoms with Gasteiger partial charge in [-0.15, -0.1) is 0 Å². The van der Waals surface area contributed by atoms with Crippen molar-refractivity contribution in [3.63, 3.8) is 0 Å². The van der Waals surface area contributed by atoms with E-state index in [1.165, 1.54) is 12.3 Å². The van der Waals surface area contributed by atoms with Crippen LogP contribution in [-0.4, -0.2) is 15.9 Å². The zero-order valence-corrected chi connectivity index (χ0v) is 12.4. The maximum Gasteiger partial charge on any atom is 0.274 e. The SMILES string of the molecule is NC(=S)c1ccc(Cl)c(NC(=O)c2ccc(Cl)cn2)c1. The Morgan fingerprint density at radius 2 is 2.00 bits per heavy atom. The number of halogens is 2. The minimum atomic E-state index is -0.399. The molecule has 0 unspecified atom stereocenters. The molecule has 2 rings (SSSR count). The van der Waals surface area contributed by atoms with Crippen molar-refractivity contribution in [3.8, 4) is 0 Å². The molecule has 1 heterocycles. The summed E-state index contributed by atoms with van der Waals surface area (Å²) in [6.07, 6.45) is 1.39. The molecule has 4 nitrogen and oxygen atoms in total. The molecule has 20 heavy (non-hydrogen) atoms. The molecule has 1 aromatic heterocycles. The summed E-state index contributed by atoms with van der Waals surface area (Å²) >= 11 is 16.6. The number of rotatable bonds is 3. The molecule has 3 N–H and O–H groups in total. The van der Waals surface area contributed by atoms with Crippen molar-refractivity contribution in [3.05, 3.63) is 57.8 Å². The molecule has 0 bridgehead atoms. The van der Waals surface area contributed by atoms with Crippen LogP contribution < -0.4 is 11.1 Å². The number of thiocarbonyl (C=S) groups is 1. The number of carbonyl (C=O) groups is 1. The Hall–Kier alpha value is -1.69. The molecular weight excluding hydrogens is 317 g/mol. The summed E-state index contributed by atoms with van der Waals surface area (Å²) in [5.41, 5.74) is 6.80. The summed E-state index contributed by atoms with van der Waals surface area (Å²) in [4.78, 5) is 16.2. The summed E-state index contributed by atoms with van der Waals surface area (Å²) < 4.78 is 0. The van der Waals surface area contributed by atoms with Crippen molar-refractivity contribution in [2.45, 2.75) is 0 Å². The van der Waals surface area contributed by atoms with Gasteiger partial charge in [0.1, 0.15) is 10.7 Å². The first-order chi connectivity index (χ1) is 9.47. The molecule has 7 heteroatoms.